The van der Waals surface area contributed by atoms with Crippen LogP contribution >= 0.6 is 11.3 Å². The SMILES string of the molecule is COc1cccc(NC(=O)c2sc3nc(C)c(C(O)c4ccccc4)cc3c2N)c1. The molecule has 0 saturated carbocycles. The zero-order chi connectivity index (χ0) is 21.3. The molecule has 152 valence electrons. The number of hydrogen-bond donors (Lipinski definition) is 3. The zero-order valence-electron chi connectivity index (χ0n) is 16.5. The quantitative estimate of drug-likeness (QED) is 0.442. The number of aromatic nitrogens is 1. The van der Waals surface area contributed by atoms with Crippen LogP contribution in [0.2, 0.25) is 0 Å². The molecule has 1 unspecified atom stereocenters. The molecule has 0 fully saturated rings. The van der Waals surface area contributed by atoms with Gasteiger partial charge in [0.1, 0.15) is 21.6 Å². The maximum atomic E-state index is 12.8. The zero-order valence-corrected chi connectivity index (χ0v) is 17.4. The molecule has 6 nitrogen and oxygen atoms in total. The van der Waals surface area contributed by atoms with E-state index in [1.807, 2.05) is 43.3 Å². The number of nitrogens with one attached hydrogen (secondary N) is 1. The van der Waals surface area contributed by atoms with Crippen LogP contribution < -0.4 is 15.8 Å². The van der Waals surface area contributed by atoms with Crippen molar-refractivity contribution in [2.45, 2.75) is 13.0 Å². The van der Waals surface area contributed by atoms with E-state index in [0.717, 1.165) is 5.56 Å². The van der Waals surface area contributed by atoms with Gasteiger partial charge in [0, 0.05) is 28.4 Å². The number of nitrogens with two attached hydrogens (primary N) is 1. The smallest absolute Gasteiger partial charge is 0.267 e. The molecule has 4 rings (SSSR count). The minimum Gasteiger partial charge on any atom is -0.497 e. The molecule has 0 spiro atoms. The molecule has 0 aliphatic carbocycles. The topological polar surface area (TPSA) is 97.5 Å². The Balaban J connectivity index is 1.69. The normalized spacial score (nSPS) is 12.0. The van der Waals surface area contributed by atoms with E-state index in [2.05, 4.69) is 10.3 Å². The van der Waals surface area contributed by atoms with E-state index < -0.39 is 6.10 Å². The first-order valence-electron chi connectivity index (χ1n) is 9.36. The molecule has 30 heavy (non-hydrogen) atoms. The molecule has 2 heterocycles. The number of amides is 1. The number of aliphatic hydroxyl groups is 1. The number of pyridine rings is 1. The van der Waals surface area contributed by atoms with Crippen LogP contribution in [0.4, 0.5) is 11.4 Å². The number of nitrogen functional groups attached to an aromatic ring is 1. The molecule has 0 aliphatic rings. The summed E-state index contributed by atoms with van der Waals surface area (Å²) in [5.41, 5.74) is 9.40. The minimum absolute atomic E-state index is 0.313. The molecular weight excluding hydrogens is 398 g/mol. The van der Waals surface area contributed by atoms with Crippen LogP contribution in [0, 0.1) is 6.92 Å². The van der Waals surface area contributed by atoms with Crippen LogP contribution in [-0.4, -0.2) is 23.1 Å². The average Bonchev–Trinajstić information content (AvgIpc) is 3.09. The van der Waals surface area contributed by atoms with Crippen molar-refractivity contribution in [3.05, 3.63) is 82.4 Å². The fourth-order valence-electron chi connectivity index (χ4n) is 3.29. The Labute approximate surface area is 178 Å². The van der Waals surface area contributed by atoms with E-state index in [1.165, 1.54) is 11.3 Å². The Bertz CT molecular complexity index is 1220. The summed E-state index contributed by atoms with van der Waals surface area (Å²) in [5.74, 6) is 0.334. The van der Waals surface area contributed by atoms with Gasteiger partial charge in [-0.25, -0.2) is 4.98 Å². The molecule has 2 aromatic heterocycles. The molecule has 1 atom stereocenters. The number of nitrogens with zero attached hydrogens (tertiary/aromatic N) is 1. The monoisotopic (exact) mass is 419 g/mol. The lowest BCUT2D eigenvalue weighted by molar-refractivity contribution is 0.103. The number of methoxy groups -OCH3 is 1. The lowest BCUT2D eigenvalue weighted by atomic mass is 9.99. The van der Waals surface area contributed by atoms with Crippen LogP contribution in [0.1, 0.15) is 32.6 Å². The Kier molecular flexibility index (Phi) is 5.39. The number of aryl methyl sites for hydroxylation is 1. The predicted molar refractivity (Wildman–Crippen MR) is 120 cm³/mol. The van der Waals surface area contributed by atoms with Crippen LogP contribution in [0.5, 0.6) is 5.75 Å². The average molecular weight is 420 g/mol. The first-order chi connectivity index (χ1) is 14.5. The van der Waals surface area contributed by atoms with Gasteiger partial charge in [-0.2, -0.15) is 0 Å². The van der Waals surface area contributed by atoms with Gasteiger partial charge in [0.05, 0.1) is 12.8 Å². The van der Waals surface area contributed by atoms with Crippen LogP contribution in [-0.2, 0) is 0 Å². The van der Waals surface area contributed by atoms with E-state index in [1.54, 1.807) is 31.4 Å². The van der Waals surface area contributed by atoms with E-state index >= 15 is 0 Å². The second-order valence-electron chi connectivity index (χ2n) is 6.86. The maximum absolute atomic E-state index is 12.8. The molecule has 4 aromatic rings. The lowest BCUT2D eigenvalue weighted by Gasteiger charge is -2.14. The highest BCUT2D eigenvalue weighted by Gasteiger charge is 2.21. The summed E-state index contributed by atoms with van der Waals surface area (Å²) < 4.78 is 5.19. The summed E-state index contributed by atoms with van der Waals surface area (Å²) in [5, 5.41) is 14.3. The first-order valence-corrected chi connectivity index (χ1v) is 10.2. The standard InChI is InChI=1S/C23H21N3O3S/c1-13-17(20(27)14-7-4-3-5-8-14)12-18-19(24)21(30-23(18)25-13)22(28)26-15-9-6-10-16(11-15)29-2/h3-12,20,27H,24H2,1-2H3,(H,26,28). The van der Waals surface area contributed by atoms with Crippen molar-refractivity contribution in [2.24, 2.45) is 0 Å². The van der Waals surface area contributed by atoms with Crippen molar-refractivity contribution in [3.8, 4) is 5.75 Å². The summed E-state index contributed by atoms with van der Waals surface area (Å²) in [6, 6.07) is 18.3. The van der Waals surface area contributed by atoms with Gasteiger partial charge in [-0.3, -0.25) is 4.79 Å². The third-order valence-corrected chi connectivity index (χ3v) is 6.01. The molecular formula is C23H21N3O3S. The number of ether oxygens (including phenoxy) is 1. The van der Waals surface area contributed by atoms with Crippen molar-refractivity contribution in [1.29, 1.82) is 0 Å². The number of aliphatic hydroxyl groups excluding tert-OH is 1. The predicted octanol–water partition coefficient (Wildman–Crippen LogP) is 4.53. The molecule has 7 heteroatoms. The molecule has 0 radical (unpaired) electrons. The molecule has 4 N–H and O–H groups in total. The van der Waals surface area contributed by atoms with Crippen molar-refractivity contribution in [2.75, 3.05) is 18.2 Å². The lowest BCUT2D eigenvalue weighted by Crippen LogP contribution is -2.12. The first kappa shape index (κ1) is 19.9. The van der Waals surface area contributed by atoms with Gasteiger partial charge in [0.25, 0.3) is 5.91 Å². The van der Waals surface area contributed by atoms with Gasteiger partial charge in [-0.1, -0.05) is 36.4 Å². The number of rotatable bonds is 5. The number of thiophene rings is 1. The fraction of sp³-hybridized carbons (Fsp3) is 0.130. The largest absolute Gasteiger partial charge is 0.497 e. The van der Waals surface area contributed by atoms with Gasteiger partial charge in [-0.05, 0) is 30.7 Å². The molecule has 0 saturated heterocycles. The maximum Gasteiger partial charge on any atom is 0.267 e. The Morgan fingerprint density at radius 3 is 2.67 bits per heavy atom. The number of carbonyl (C=O) groups excluding carboxylic acids is 1. The summed E-state index contributed by atoms with van der Waals surface area (Å²) in [4.78, 5) is 18.5. The second kappa shape index (κ2) is 8.14. The number of fused-ring (bicyclic) bond motifs is 1. The number of carbonyl (C=O) groups is 1. The fourth-order valence-corrected chi connectivity index (χ4v) is 4.31. The molecule has 0 bridgehead atoms. The van der Waals surface area contributed by atoms with Gasteiger partial charge in [0.15, 0.2) is 0 Å². The van der Waals surface area contributed by atoms with Gasteiger partial charge < -0.3 is 20.9 Å². The van der Waals surface area contributed by atoms with Gasteiger partial charge in [0.2, 0.25) is 0 Å². The Morgan fingerprint density at radius 1 is 1.17 bits per heavy atom. The second-order valence-corrected chi connectivity index (χ2v) is 7.86. The summed E-state index contributed by atoms with van der Waals surface area (Å²) >= 11 is 1.23. The highest BCUT2D eigenvalue weighted by Crippen LogP contribution is 2.36. The third-order valence-electron chi connectivity index (χ3n) is 4.89. The van der Waals surface area contributed by atoms with Crippen molar-refractivity contribution in [3.63, 3.8) is 0 Å². The van der Waals surface area contributed by atoms with Crippen molar-refractivity contribution >= 4 is 38.8 Å². The number of anilines is 2. The van der Waals surface area contributed by atoms with E-state index in [0.29, 0.717) is 43.5 Å². The molecule has 2 aromatic carbocycles. The van der Waals surface area contributed by atoms with E-state index in [4.69, 9.17) is 10.5 Å². The number of hydrogen-bond acceptors (Lipinski definition) is 6. The Hall–Kier alpha value is -3.42. The molecule has 1 amide bonds. The highest BCUT2D eigenvalue weighted by molar-refractivity contribution is 7.21. The van der Waals surface area contributed by atoms with Crippen LogP contribution in [0.3, 0.4) is 0 Å². The van der Waals surface area contributed by atoms with Crippen molar-refractivity contribution in [1.82, 2.24) is 4.98 Å². The van der Waals surface area contributed by atoms with Crippen molar-refractivity contribution < 1.29 is 14.6 Å². The highest BCUT2D eigenvalue weighted by atomic mass is 32.1. The number of benzene rings is 2. The summed E-state index contributed by atoms with van der Waals surface area (Å²) in [6.07, 6.45) is -0.823. The van der Waals surface area contributed by atoms with E-state index in [9.17, 15) is 9.90 Å². The summed E-state index contributed by atoms with van der Waals surface area (Å²) in [7, 11) is 1.57. The molecule has 0 aliphatic heterocycles. The van der Waals surface area contributed by atoms with Gasteiger partial charge >= 0.3 is 0 Å². The van der Waals surface area contributed by atoms with Gasteiger partial charge in [-0.15, -0.1) is 11.3 Å². The van der Waals surface area contributed by atoms with E-state index in [-0.39, 0.29) is 5.91 Å². The minimum atomic E-state index is -0.823. The Morgan fingerprint density at radius 2 is 1.93 bits per heavy atom. The van der Waals surface area contributed by atoms with Crippen LogP contribution in [0.15, 0.2) is 60.7 Å². The third kappa shape index (κ3) is 3.72. The van der Waals surface area contributed by atoms with Crippen LogP contribution in [0.25, 0.3) is 10.2 Å². The summed E-state index contributed by atoms with van der Waals surface area (Å²) in [6.45, 7) is 1.84.